The van der Waals surface area contributed by atoms with Crippen LogP contribution in [0.1, 0.15) is 75.0 Å². The standard InChI is InChI=1S/C26H31ClF3N5/c1-14(2)35-11-9-17(10-12-35)19-13-20-24(32-16(4)33-25(20)34-23(19)27)31-15(3)18-7-6-8-21(22(18)28)26(5,29)30/h6-8,13-15,17H,9-12H2,1-5H3,(H,31,32,33,34)/t15-/m1/s1. The van der Waals surface area contributed by atoms with E-state index in [1.54, 1.807) is 13.8 Å². The Bertz CT molecular complexity index is 1220. The quantitative estimate of drug-likeness (QED) is 0.365. The van der Waals surface area contributed by atoms with Gasteiger partial charge in [0.05, 0.1) is 17.0 Å². The summed E-state index contributed by atoms with van der Waals surface area (Å²) in [5.74, 6) is -2.99. The van der Waals surface area contributed by atoms with E-state index < -0.39 is 23.3 Å². The second-order valence-corrected chi connectivity index (χ2v) is 10.1. The molecule has 0 spiro atoms. The van der Waals surface area contributed by atoms with Crippen molar-refractivity contribution in [1.82, 2.24) is 19.9 Å². The summed E-state index contributed by atoms with van der Waals surface area (Å²) in [6, 6.07) is 5.90. The van der Waals surface area contributed by atoms with Gasteiger partial charge in [-0.2, -0.15) is 0 Å². The van der Waals surface area contributed by atoms with E-state index in [4.69, 9.17) is 11.6 Å². The van der Waals surface area contributed by atoms with Crippen LogP contribution in [0.3, 0.4) is 0 Å². The van der Waals surface area contributed by atoms with Gasteiger partial charge in [0.25, 0.3) is 5.92 Å². The average molecular weight is 506 g/mol. The topological polar surface area (TPSA) is 53.9 Å². The Morgan fingerprint density at radius 3 is 2.43 bits per heavy atom. The third kappa shape index (κ3) is 5.38. The van der Waals surface area contributed by atoms with Gasteiger partial charge in [-0.3, -0.25) is 0 Å². The summed E-state index contributed by atoms with van der Waals surface area (Å²) in [6.45, 7) is 10.5. The second-order valence-electron chi connectivity index (χ2n) is 9.73. The normalized spacial score (nSPS) is 16.7. The minimum Gasteiger partial charge on any atom is -0.363 e. The van der Waals surface area contributed by atoms with Gasteiger partial charge in [-0.1, -0.05) is 29.8 Å². The molecular weight excluding hydrogens is 475 g/mol. The van der Waals surface area contributed by atoms with Crippen LogP contribution in [-0.2, 0) is 5.92 Å². The molecule has 35 heavy (non-hydrogen) atoms. The van der Waals surface area contributed by atoms with Crippen molar-refractivity contribution in [3.8, 4) is 0 Å². The van der Waals surface area contributed by atoms with Crippen LogP contribution >= 0.6 is 11.6 Å². The molecule has 0 radical (unpaired) electrons. The van der Waals surface area contributed by atoms with Crippen molar-refractivity contribution < 1.29 is 13.2 Å². The van der Waals surface area contributed by atoms with Crippen LogP contribution in [0.4, 0.5) is 19.0 Å². The number of benzene rings is 1. The van der Waals surface area contributed by atoms with Crippen molar-refractivity contribution in [1.29, 1.82) is 0 Å². The number of nitrogens with one attached hydrogen (secondary N) is 1. The fourth-order valence-electron chi connectivity index (χ4n) is 4.79. The van der Waals surface area contributed by atoms with Crippen molar-refractivity contribution in [2.45, 2.75) is 71.4 Å². The van der Waals surface area contributed by atoms with E-state index in [-0.39, 0.29) is 11.5 Å². The molecule has 188 valence electrons. The van der Waals surface area contributed by atoms with Crippen molar-refractivity contribution >= 4 is 28.5 Å². The summed E-state index contributed by atoms with van der Waals surface area (Å²) < 4.78 is 42.7. The maximum atomic E-state index is 15.0. The summed E-state index contributed by atoms with van der Waals surface area (Å²) in [5, 5.41) is 4.31. The smallest absolute Gasteiger partial charge is 0.273 e. The van der Waals surface area contributed by atoms with Gasteiger partial charge in [-0.05, 0) is 71.2 Å². The number of pyridine rings is 1. The Morgan fingerprint density at radius 2 is 1.80 bits per heavy atom. The zero-order chi connectivity index (χ0) is 25.5. The Hall–Kier alpha value is -2.45. The van der Waals surface area contributed by atoms with Crippen molar-refractivity contribution in [3.63, 3.8) is 0 Å². The molecule has 1 N–H and O–H groups in total. The highest BCUT2D eigenvalue weighted by molar-refractivity contribution is 6.30. The molecular formula is C26H31ClF3N5. The van der Waals surface area contributed by atoms with Crippen molar-refractivity contribution in [3.05, 3.63) is 57.8 Å². The zero-order valence-corrected chi connectivity index (χ0v) is 21.4. The molecule has 0 saturated carbocycles. The highest BCUT2D eigenvalue weighted by atomic mass is 35.5. The number of aromatic nitrogens is 3. The SMILES string of the molecule is Cc1nc(N[C@H](C)c2cccc(C(C)(F)F)c2F)c2cc(C3CCN(C(C)C)CC3)c(Cl)nc2n1. The summed E-state index contributed by atoms with van der Waals surface area (Å²) in [6.07, 6.45) is 1.94. The van der Waals surface area contributed by atoms with E-state index in [0.29, 0.717) is 40.8 Å². The summed E-state index contributed by atoms with van der Waals surface area (Å²) in [4.78, 5) is 16.0. The van der Waals surface area contributed by atoms with E-state index in [9.17, 15) is 13.2 Å². The molecule has 1 aromatic carbocycles. The lowest BCUT2D eigenvalue weighted by atomic mass is 9.89. The second kappa shape index (κ2) is 9.90. The Morgan fingerprint density at radius 1 is 1.11 bits per heavy atom. The number of aryl methyl sites for hydroxylation is 1. The first kappa shape index (κ1) is 25.6. The molecule has 4 rings (SSSR count). The first-order chi connectivity index (χ1) is 16.5. The third-order valence-electron chi connectivity index (χ3n) is 6.80. The number of rotatable bonds is 6. The van der Waals surface area contributed by atoms with Gasteiger partial charge < -0.3 is 10.2 Å². The predicted molar refractivity (Wildman–Crippen MR) is 134 cm³/mol. The highest BCUT2D eigenvalue weighted by Crippen LogP contribution is 2.37. The van der Waals surface area contributed by atoms with E-state index in [1.807, 2.05) is 6.07 Å². The Labute approximate surface area is 209 Å². The Kier molecular flexibility index (Phi) is 7.25. The van der Waals surface area contributed by atoms with Crippen molar-refractivity contribution in [2.75, 3.05) is 18.4 Å². The maximum Gasteiger partial charge on any atom is 0.273 e. The minimum atomic E-state index is -3.28. The molecule has 0 amide bonds. The van der Waals surface area contributed by atoms with E-state index in [2.05, 4.69) is 39.0 Å². The van der Waals surface area contributed by atoms with Crippen LogP contribution in [0.2, 0.25) is 5.15 Å². The number of anilines is 1. The molecule has 1 aliphatic rings. The van der Waals surface area contributed by atoms with E-state index in [1.165, 1.54) is 12.1 Å². The molecule has 1 aliphatic heterocycles. The molecule has 0 unspecified atom stereocenters. The predicted octanol–water partition coefficient (Wildman–Crippen LogP) is 7.00. The third-order valence-corrected chi connectivity index (χ3v) is 7.10. The molecule has 5 nitrogen and oxygen atoms in total. The van der Waals surface area contributed by atoms with Crippen LogP contribution < -0.4 is 5.32 Å². The minimum absolute atomic E-state index is 0.136. The number of hydrogen-bond acceptors (Lipinski definition) is 5. The van der Waals surface area contributed by atoms with Gasteiger partial charge in [-0.15, -0.1) is 0 Å². The lowest BCUT2D eigenvalue weighted by Gasteiger charge is -2.35. The zero-order valence-electron chi connectivity index (χ0n) is 20.7. The number of piperidine rings is 1. The first-order valence-electron chi connectivity index (χ1n) is 12.0. The summed E-state index contributed by atoms with van der Waals surface area (Å²) >= 11 is 6.60. The molecule has 0 aliphatic carbocycles. The van der Waals surface area contributed by atoms with Gasteiger partial charge in [-0.25, -0.2) is 28.1 Å². The molecule has 3 aromatic rings. The fourth-order valence-corrected chi connectivity index (χ4v) is 5.08. The van der Waals surface area contributed by atoms with E-state index in [0.717, 1.165) is 37.6 Å². The summed E-state index contributed by atoms with van der Waals surface area (Å²) in [7, 11) is 0. The van der Waals surface area contributed by atoms with Crippen LogP contribution in [-0.4, -0.2) is 39.0 Å². The average Bonchev–Trinajstić information content (AvgIpc) is 2.78. The van der Waals surface area contributed by atoms with Crippen LogP contribution in [0.5, 0.6) is 0 Å². The first-order valence-corrected chi connectivity index (χ1v) is 12.4. The van der Waals surface area contributed by atoms with Crippen molar-refractivity contribution in [2.24, 2.45) is 0 Å². The monoisotopic (exact) mass is 505 g/mol. The molecule has 0 bridgehead atoms. The van der Waals surface area contributed by atoms with Crippen LogP contribution in [0, 0.1) is 12.7 Å². The molecule has 2 aromatic heterocycles. The molecule has 9 heteroatoms. The van der Waals surface area contributed by atoms with Crippen LogP contribution in [0.25, 0.3) is 11.0 Å². The van der Waals surface area contributed by atoms with Gasteiger partial charge in [0.2, 0.25) is 0 Å². The molecule has 1 fully saturated rings. The summed E-state index contributed by atoms with van der Waals surface area (Å²) in [5.41, 5.74) is 0.895. The highest BCUT2D eigenvalue weighted by Gasteiger charge is 2.30. The molecule has 1 atom stereocenters. The molecule has 3 heterocycles. The number of likely N-dealkylation sites (tertiary alicyclic amines) is 1. The number of fused-ring (bicyclic) bond motifs is 1. The number of hydrogen-bond donors (Lipinski definition) is 1. The van der Waals surface area contributed by atoms with Gasteiger partial charge in [0.1, 0.15) is 22.6 Å². The van der Waals surface area contributed by atoms with Gasteiger partial charge in [0.15, 0.2) is 5.65 Å². The lowest BCUT2D eigenvalue weighted by Crippen LogP contribution is -2.37. The van der Waals surface area contributed by atoms with E-state index >= 15 is 0 Å². The van der Waals surface area contributed by atoms with Crippen LogP contribution in [0.15, 0.2) is 24.3 Å². The largest absolute Gasteiger partial charge is 0.363 e. The Balaban J connectivity index is 1.69. The number of halogens is 4. The lowest BCUT2D eigenvalue weighted by molar-refractivity contribution is 0.0136. The van der Waals surface area contributed by atoms with Gasteiger partial charge in [0, 0.05) is 18.5 Å². The number of alkyl halides is 2. The number of nitrogens with zero attached hydrogens (tertiary/aromatic N) is 4. The van der Waals surface area contributed by atoms with Gasteiger partial charge >= 0.3 is 0 Å². The maximum absolute atomic E-state index is 15.0. The molecule has 1 saturated heterocycles. The fraction of sp³-hybridized carbons (Fsp3) is 0.500.